The number of aromatic nitrogens is 2. The number of hydrogen-bond donors (Lipinski definition) is 0. The third-order valence-electron chi connectivity index (χ3n) is 5.21. The van der Waals surface area contributed by atoms with Gasteiger partial charge in [0, 0.05) is 32.4 Å². The van der Waals surface area contributed by atoms with Gasteiger partial charge in [0.2, 0.25) is 10.0 Å². The van der Waals surface area contributed by atoms with Gasteiger partial charge in [-0.3, -0.25) is 4.79 Å². The van der Waals surface area contributed by atoms with Gasteiger partial charge in [-0.25, -0.2) is 17.5 Å². The van der Waals surface area contributed by atoms with Crippen LogP contribution in [0.4, 0.5) is 17.6 Å². The van der Waals surface area contributed by atoms with Gasteiger partial charge in [-0.1, -0.05) is 12.1 Å². The first-order valence-electron chi connectivity index (χ1n) is 9.84. The van der Waals surface area contributed by atoms with E-state index in [9.17, 15) is 30.8 Å². The van der Waals surface area contributed by atoms with E-state index in [1.54, 1.807) is 6.07 Å². The summed E-state index contributed by atoms with van der Waals surface area (Å²) >= 11 is 0. The highest BCUT2D eigenvalue weighted by molar-refractivity contribution is 7.89. The molecule has 0 aliphatic carbocycles. The molecule has 2 aromatic carbocycles. The molecule has 0 spiro atoms. The van der Waals surface area contributed by atoms with Gasteiger partial charge < -0.3 is 4.90 Å². The van der Waals surface area contributed by atoms with Crippen LogP contribution in [0.3, 0.4) is 0 Å². The third kappa shape index (κ3) is 4.76. The highest BCUT2D eigenvalue weighted by atomic mass is 32.2. The van der Waals surface area contributed by atoms with Crippen LogP contribution in [0.1, 0.15) is 16.1 Å². The average Bonchev–Trinajstić information content (AvgIpc) is 3.29. The van der Waals surface area contributed by atoms with Crippen molar-refractivity contribution in [2.24, 2.45) is 0 Å². The molecular formula is C21H18F4N4O3S. The Morgan fingerprint density at radius 2 is 1.64 bits per heavy atom. The first-order chi connectivity index (χ1) is 15.6. The van der Waals surface area contributed by atoms with Crippen molar-refractivity contribution in [2.75, 3.05) is 26.2 Å². The minimum atomic E-state index is -4.66. The summed E-state index contributed by atoms with van der Waals surface area (Å²) in [6, 6.07) is 10.7. The summed E-state index contributed by atoms with van der Waals surface area (Å²) in [6.45, 7) is -0.0580. The second-order valence-electron chi connectivity index (χ2n) is 7.35. The fourth-order valence-electron chi connectivity index (χ4n) is 3.48. The molecule has 1 amide bonds. The number of carbonyl (C=O) groups excluding carboxylic acids is 1. The normalized spacial score (nSPS) is 15.6. The van der Waals surface area contributed by atoms with E-state index < -0.39 is 38.4 Å². The van der Waals surface area contributed by atoms with Crippen molar-refractivity contribution in [3.63, 3.8) is 0 Å². The lowest BCUT2D eigenvalue weighted by Crippen LogP contribution is -2.50. The molecule has 4 rings (SSSR count). The van der Waals surface area contributed by atoms with Crippen LogP contribution in [0.2, 0.25) is 0 Å². The molecule has 0 bridgehead atoms. The van der Waals surface area contributed by atoms with E-state index >= 15 is 0 Å². The molecule has 0 saturated carbocycles. The molecule has 1 aliphatic rings. The van der Waals surface area contributed by atoms with E-state index in [1.165, 1.54) is 40.0 Å². The summed E-state index contributed by atoms with van der Waals surface area (Å²) in [5.74, 6) is -0.879. The van der Waals surface area contributed by atoms with Gasteiger partial charge in [0.1, 0.15) is 5.82 Å². The summed E-state index contributed by atoms with van der Waals surface area (Å²) in [5, 5.41) is 4.17. The van der Waals surface area contributed by atoms with E-state index in [0.29, 0.717) is 11.8 Å². The van der Waals surface area contributed by atoms with Crippen molar-refractivity contribution in [1.82, 2.24) is 19.0 Å². The quantitative estimate of drug-likeness (QED) is 0.536. The summed E-state index contributed by atoms with van der Waals surface area (Å²) in [7, 11) is -4.15. The van der Waals surface area contributed by atoms with Crippen molar-refractivity contribution in [3.8, 4) is 5.69 Å². The fraction of sp³-hybridized carbons (Fsp3) is 0.238. The fourth-order valence-corrected chi connectivity index (χ4v) is 4.94. The highest BCUT2D eigenvalue weighted by Gasteiger charge is 2.34. The maximum absolute atomic E-state index is 13.4. The summed E-state index contributed by atoms with van der Waals surface area (Å²) in [6.07, 6.45) is -3.15. The van der Waals surface area contributed by atoms with E-state index in [-0.39, 0.29) is 31.9 Å². The summed E-state index contributed by atoms with van der Waals surface area (Å²) < 4.78 is 80.3. The number of hydrogen-bond acceptors (Lipinski definition) is 4. The predicted molar refractivity (Wildman–Crippen MR) is 110 cm³/mol. The van der Waals surface area contributed by atoms with E-state index in [0.717, 1.165) is 22.5 Å². The van der Waals surface area contributed by atoms with Crippen LogP contribution < -0.4 is 0 Å². The predicted octanol–water partition coefficient (Wildman–Crippen LogP) is 3.18. The van der Waals surface area contributed by atoms with Crippen LogP contribution in [0.25, 0.3) is 5.69 Å². The lowest BCUT2D eigenvalue weighted by molar-refractivity contribution is -0.137. The minimum Gasteiger partial charge on any atom is -0.335 e. The molecule has 7 nitrogen and oxygen atoms in total. The second-order valence-corrected chi connectivity index (χ2v) is 9.29. The Hall–Kier alpha value is -3.25. The second kappa shape index (κ2) is 8.60. The molecular weight excluding hydrogens is 464 g/mol. The largest absolute Gasteiger partial charge is 0.416 e. The first-order valence-corrected chi connectivity index (χ1v) is 11.3. The third-order valence-corrected chi connectivity index (χ3v) is 7.10. The molecule has 0 unspecified atom stereocenters. The number of sulfonamides is 1. The van der Waals surface area contributed by atoms with Gasteiger partial charge >= 0.3 is 6.18 Å². The maximum atomic E-state index is 13.4. The van der Waals surface area contributed by atoms with Crippen molar-refractivity contribution in [1.29, 1.82) is 0 Å². The molecule has 12 heteroatoms. The Labute approximate surface area is 186 Å². The van der Waals surface area contributed by atoms with E-state index in [1.807, 2.05) is 0 Å². The molecule has 3 aromatic rings. The van der Waals surface area contributed by atoms with Gasteiger partial charge in [0.25, 0.3) is 5.91 Å². The van der Waals surface area contributed by atoms with E-state index in [2.05, 4.69) is 5.10 Å². The summed E-state index contributed by atoms with van der Waals surface area (Å²) in [4.78, 5) is 13.7. The monoisotopic (exact) mass is 482 g/mol. The topological polar surface area (TPSA) is 75.5 Å². The molecule has 1 aliphatic heterocycles. The number of benzene rings is 2. The van der Waals surface area contributed by atoms with Crippen LogP contribution in [0.15, 0.2) is 65.7 Å². The van der Waals surface area contributed by atoms with Gasteiger partial charge in [-0.15, -0.1) is 0 Å². The number of carbonyl (C=O) groups is 1. The Kier molecular flexibility index (Phi) is 5.97. The maximum Gasteiger partial charge on any atom is 0.416 e. The zero-order valence-electron chi connectivity index (χ0n) is 17.0. The van der Waals surface area contributed by atoms with E-state index in [4.69, 9.17) is 0 Å². The lowest BCUT2D eigenvalue weighted by Gasteiger charge is -2.33. The van der Waals surface area contributed by atoms with Crippen LogP contribution in [0, 0.1) is 5.82 Å². The molecule has 0 N–H and O–H groups in total. The molecule has 1 aromatic heterocycles. The van der Waals surface area contributed by atoms with Crippen LogP contribution >= 0.6 is 0 Å². The number of amides is 1. The Balaban J connectivity index is 1.44. The Morgan fingerprint density at radius 3 is 2.30 bits per heavy atom. The Bertz CT molecular complexity index is 1280. The SMILES string of the molecule is O=C(c1ccn(-c2cccc(F)c2)n1)N1CCN(S(=O)(=O)c2cccc(C(F)(F)F)c2)CC1. The zero-order valence-corrected chi connectivity index (χ0v) is 17.9. The zero-order chi connectivity index (χ0) is 23.8. The van der Waals surface area contributed by atoms with Gasteiger partial charge in [0.15, 0.2) is 5.69 Å². The van der Waals surface area contributed by atoms with Gasteiger partial charge in [-0.05, 0) is 42.5 Å². The smallest absolute Gasteiger partial charge is 0.335 e. The van der Waals surface area contributed by atoms with Crippen molar-refractivity contribution in [3.05, 3.63) is 77.9 Å². The molecule has 1 fully saturated rings. The molecule has 2 heterocycles. The Morgan fingerprint density at radius 1 is 0.939 bits per heavy atom. The number of alkyl halides is 3. The van der Waals surface area contributed by atoms with Gasteiger partial charge in [0.05, 0.1) is 16.1 Å². The molecule has 0 atom stereocenters. The molecule has 0 radical (unpaired) electrons. The molecule has 33 heavy (non-hydrogen) atoms. The number of piperazine rings is 1. The van der Waals surface area contributed by atoms with Crippen LogP contribution in [0.5, 0.6) is 0 Å². The van der Waals surface area contributed by atoms with Crippen LogP contribution in [-0.4, -0.2) is 59.5 Å². The van der Waals surface area contributed by atoms with Crippen LogP contribution in [-0.2, 0) is 16.2 Å². The number of nitrogens with zero attached hydrogens (tertiary/aromatic N) is 4. The highest BCUT2D eigenvalue weighted by Crippen LogP contribution is 2.31. The van der Waals surface area contributed by atoms with Crippen molar-refractivity contribution >= 4 is 15.9 Å². The van der Waals surface area contributed by atoms with Crippen molar-refractivity contribution in [2.45, 2.75) is 11.1 Å². The first kappa shape index (κ1) is 22.9. The lowest BCUT2D eigenvalue weighted by atomic mass is 10.2. The van der Waals surface area contributed by atoms with Crippen molar-refractivity contribution < 1.29 is 30.8 Å². The standard InChI is InChI=1S/C21H18F4N4O3S/c22-16-4-2-5-17(14-16)29-8-7-19(26-29)20(30)27-9-11-28(12-10-27)33(31,32)18-6-1-3-15(13-18)21(23,24)25/h1-8,13-14H,9-12H2. The number of rotatable bonds is 4. The average molecular weight is 482 g/mol. The molecule has 1 saturated heterocycles. The minimum absolute atomic E-state index is 0.0455. The summed E-state index contributed by atoms with van der Waals surface area (Å²) in [5.41, 5.74) is -0.509. The number of halogens is 4. The molecule has 174 valence electrons. The van der Waals surface area contributed by atoms with Gasteiger partial charge in [-0.2, -0.15) is 22.6 Å².